The van der Waals surface area contributed by atoms with Crippen molar-refractivity contribution >= 4 is 11.7 Å². The Labute approximate surface area is 157 Å². The molecule has 0 unspecified atom stereocenters. The predicted molar refractivity (Wildman–Crippen MR) is 103 cm³/mol. The number of amides is 1. The monoisotopic (exact) mass is 362 g/mol. The molecule has 4 rings (SSSR count). The third-order valence-corrected chi connectivity index (χ3v) is 5.09. The average molecular weight is 362 g/mol. The first-order valence-corrected chi connectivity index (χ1v) is 9.16. The van der Waals surface area contributed by atoms with Gasteiger partial charge < -0.3 is 10.6 Å². The second kappa shape index (κ2) is 7.57. The fraction of sp³-hybridized carbons (Fsp3) is 0.300. The van der Waals surface area contributed by atoms with E-state index in [0.29, 0.717) is 17.3 Å². The first kappa shape index (κ1) is 17.2. The molecule has 0 saturated carbocycles. The Morgan fingerprint density at radius 2 is 1.89 bits per heavy atom. The van der Waals surface area contributed by atoms with E-state index in [1.807, 2.05) is 18.2 Å². The van der Waals surface area contributed by atoms with Gasteiger partial charge in [0.2, 0.25) is 0 Å². The lowest BCUT2D eigenvalue weighted by molar-refractivity contribution is 0.100. The first-order chi connectivity index (χ1) is 13.2. The zero-order chi connectivity index (χ0) is 18.6. The molecule has 0 atom stereocenters. The molecule has 2 N–H and O–H groups in total. The van der Waals surface area contributed by atoms with Gasteiger partial charge in [-0.05, 0) is 43.0 Å². The molecule has 1 amide bonds. The fourth-order valence-corrected chi connectivity index (χ4v) is 3.65. The number of piperidine rings is 1. The van der Waals surface area contributed by atoms with Gasteiger partial charge in [0.15, 0.2) is 0 Å². The molecule has 3 aromatic rings. The Hall–Kier alpha value is -3.22. The SMILES string of the molecule is NC(=O)c1cccnc1N1CCC(Cc2nncn2-c2ccccc2)CC1. The molecule has 7 nitrogen and oxygen atoms in total. The van der Waals surface area contributed by atoms with Gasteiger partial charge in [-0.3, -0.25) is 9.36 Å². The fourth-order valence-electron chi connectivity index (χ4n) is 3.65. The van der Waals surface area contributed by atoms with Crippen LogP contribution in [-0.4, -0.2) is 38.7 Å². The van der Waals surface area contributed by atoms with E-state index in [9.17, 15) is 4.79 Å². The largest absolute Gasteiger partial charge is 0.365 e. The quantitative estimate of drug-likeness (QED) is 0.752. The van der Waals surface area contributed by atoms with E-state index in [0.717, 1.165) is 43.9 Å². The molecule has 7 heteroatoms. The standard InChI is InChI=1S/C20H22N6O/c21-19(27)17-7-4-10-22-20(17)25-11-8-15(9-12-25)13-18-24-23-14-26(18)16-5-2-1-3-6-16/h1-7,10,14-15H,8-9,11-13H2,(H2,21,27). The van der Waals surface area contributed by atoms with Crippen LogP contribution in [0.5, 0.6) is 0 Å². The number of nitrogens with zero attached hydrogens (tertiary/aromatic N) is 5. The van der Waals surface area contributed by atoms with Crippen LogP contribution >= 0.6 is 0 Å². The lowest BCUT2D eigenvalue weighted by Gasteiger charge is -2.33. The molecular formula is C20H22N6O. The molecule has 0 bridgehead atoms. The van der Waals surface area contributed by atoms with Crippen molar-refractivity contribution in [3.63, 3.8) is 0 Å². The van der Waals surface area contributed by atoms with E-state index >= 15 is 0 Å². The molecule has 1 fully saturated rings. The van der Waals surface area contributed by atoms with E-state index in [4.69, 9.17) is 5.73 Å². The molecule has 3 heterocycles. The third kappa shape index (κ3) is 3.67. The second-order valence-corrected chi connectivity index (χ2v) is 6.83. The molecule has 1 saturated heterocycles. The Morgan fingerprint density at radius 1 is 1.11 bits per heavy atom. The van der Waals surface area contributed by atoms with Crippen molar-refractivity contribution in [1.29, 1.82) is 0 Å². The Kier molecular flexibility index (Phi) is 4.82. The zero-order valence-corrected chi connectivity index (χ0v) is 15.0. The van der Waals surface area contributed by atoms with Crippen molar-refractivity contribution in [1.82, 2.24) is 19.7 Å². The van der Waals surface area contributed by atoms with Crippen LogP contribution in [0.2, 0.25) is 0 Å². The molecule has 1 aliphatic rings. The number of rotatable bonds is 5. The van der Waals surface area contributed by atoms with Crippen LogP contribution in [0.15, 0.2) is 55.0 Å². The summed E-state index contributed by atoms with van der Waals surface area (Å²) in [6.07, 6.45) is 6.38. The smallest absolute Gasteiger partial charge is 0.252 e. The summed E-state index contributed by atoms with van der Waals surface area (Å²) in [7, 11) is 0. The number of carbonyl (C=O) groups excluding carboxylic acids is 1. The van der Waals surface area contributed by atoms with Gasteiger partial charge in [0.05, 0.1) is 5.56 Å². The summed E-state index contributed by atoms with van der Waals surface area (Å²) in [6.45, 7) is 1.70. The summed E-state index contributed by atoms with van der Waals surface area (Å²) in [5, 5.41) is 8.43. The minimum Gasteiger partial charge on any atom is -0.365 e. The van der Waals surface area contributed by atoms with Crippen molar-refractivity contribution in [2.24, 2.45) is 11.7 Å². The summed E-state index contributed by atoms with van der Waals surface area (Å²) < 4.78 is 2.05. The highest BCUT2D eigenvalue weighted by Gasteiger charge is 2.24. The number of hydrogen-bond donors (Lipinski definition) is 1. The molecule has 0 aliphatic carbocycles. The van der Waals surface area contributed by atoms with Crippen molar-refractivity contribution in [3.05, 3.63) is 66.4 Å². The van der Waals surface area contributed by atoms with Gasteiger partial charge in [-0.2, -0.15) is 0 Å². The van der Waals surface area contributed by atoms with E-state index < -0.39 is 5.91 Å². The van der Waals surface area contributed by atoms with Crippen molar-refractivity contribution in [2.45, 2.75) is 19.3 Å². The molecule has 1 aromatic carbocycles. The molecule has 0 spiro atoms. The van der Waals surface area contributed by atoms with Crippen molar-refractivity contribution < 1.29 is 4.79 Å². The summed E-state index contributed by atoms with van der Waals surface area (Å²) >= 11 is 0. The summed E-state index contributed by atoms with van der Waals surface area (Å²) in [4.78, 5) is 18.2. The number of carbonyl (C=O) groups is 1. The van der Waals surface area contributed by atoms with Gasteiger partial charge in [-0.25, -0.2) is 4.98 Å². The first-order valence-electron chi connectivity index (χ1n) is 9.16. The minimum atomic E-state index is -0.434. The lowest BCUT2D eigenvalue weighted by atomic mass is 9.93. The zero-order valence-electron chi connectivity index (χ0n) is 15.0. The Morgan fingerprint density at radius 3 is 2.63 bits per heavy atom. The summed E-state index contributed by atoms with van der Waals surface area (Å²) in [5.74, 6) is 1.76. The minimum absolute atomic E-state index is 0.434. The molecule has 0 radical (unpaired) electrons. The number of aromatic nitrogens is 4. The number of hydrogen-bond acceptors (Lipinski definition) is 5. The van der Waals surface area contributed by atoms with Gasteiger partial charge in [0.1, 0.15) is 18.0 Å². The number of pyridine rings is 1. The van der Waals surface area contributed by atoms with E-state index in [2.05, 4.69) is 36.8 Å². The van der Waals surface area contributed by atoms with Crippen LogP contribution in [-0.2, 0) is 6.42 Å². The number of anilines is 1. The molecular weight excluding hydrogens is 340 g/mol. The van der Waals surface area contributed by atoms with E-state index in [1.165, 1.54) is 0 Å². The van der Waals surface area contributed by atoms with E-state index in [-0.39, 0.29) is 0 Å². The molecule has 138 valence electrons. The number of primary amides is 1. The third-order valence-electron chi connectivity index (χ3n) is 5.09. The number of para-hydroxylation sites is 1. The van der Waals surface area contributed by atoms with Crippen LogP contribution in [0.25, 0.3) is 5.69 Å². The predicted octanol–water partition coefficient (Wildman–Crippen LogP) is 2.22. The van der Waals surface area contributed by atoms with Gasteiger partial charge in [-0.1, -0.05) is 18.2 Å². The highest BCUT2D eigenvalue weighted by atomic mass is 16.1. The van der Waals surface area contributed by atoms with Crippen LogP contribution in [0, 0.1) is 5.92 Å². The second-order valence-electron chi connectivity index (χ2n) is 6.83. The molecule has 1 aliphatic heterocycles. The van der Waals surface area contributed by atoms with Gasteiger partial charge in [0.25, 0.3) is 5.91 Å². The van der Waals surface area contributed by atoms with Crippen LogP contribution in [0.1, 0.15) is 29.0 Å². The van der Waals surface area contributed by atoms with Crippen molar-refractivity contribution in [2.75, 3.05) is 18.0 Å². The van der Waals surface area contributed by atoms with E-state index in [1.54, 1.807) is 24.7 Å². The van der Waals surface area contributed by atoms with Crippen LogP contribution in [0.4, 0.5) is 5.82 Å². The number of benzene rings is 1. The van der Waals surface area contributed by atoms with Gasteiger partial charge in [0, 0.05) is 31.4 Å². The number of nitrogens with two attached hydrogens (primary N) is 1. The van der Waals surface area contributed by atoms with Crippen molar-refractivity contribution in [3.8, 4) is 5.69 Å². The molecule has 2 aromatic heterocycles. The summed E-state index contributed by atoms with van der Waals surface area (Å²) in [6, 6.07) is 13.6. The average Bonchev–Trinajstić information content (AvgIpc) is 3.17. The summed E-state index contributed by atoms with van der Waals surface area (Å²) in [5.41, 5.74) is 7.05. The lowest BCUT2D eigenvalue weighted by Crippen LogP contribution is -2.36. The molecule has 27 heavy (non-hydrogen) atoms. The maximum Gasteiger partial charge on any atom is 0.252 e. The van der Waals surface area contributed by atoms with Crippen LogP contribution < -0.4 is 10.6 Å². The highest BCUT2D eigenvalue weighted by molar-refractivity contribution is 5.97. The van der Waals surface area contributed by atoms with Crippen LogP contribution in [0.3, 0.4) is 0 Å². The van der Waals surface area contributed by atoms with Gasteiger partial charge >= 0.3 is 0 Å². The highest BCUT2D eigenvalue weighted by Crippen LogP contribution is 2.26. The normalized spacial score (nSPS) is 15.0. The topological polar surface area (TPSA) is 89.9 Å². The Balaban J connectivity index is 1.43. The van der Waals surface area contributed by atoms with Gasteiger partial charge in [-0.15, -0.1) is 10.2 Å². The maximum atomic E-state index is 11.7. The maximum absolute atomic E-state index is 11.7. The Bertz CT molecular complexity index is 915.